The standard InChI is InChI=1S/C10H16N2O3/c11-4-8(13)12-5-6-2-1-3-7(6)9(12)10(14)15/h6-7,9H,1-5,11H2,(H,14,15). The maximum atomic E-state index is 11.5. The molecule has 5 heteroatoms. The number of aliphatic carboxylic acids is 1. The van der Waals surface area contributed by atoms with Crippen LogP contribution in [0.3, 0.4) is 0 Å². The first kappa shape index (κ1) is 10.4. The summed E-state index contributed by atoms with van der Waals surface area (Å²) in [6.45, 7) is 0.487. The van der Waals surface area contributed by atoms with E-state index in [2.05, 4.69) is 0 Å². The van der Waals surface area contributed by atoms with E-state index in [4.69, 9.17) is 10.8 Å². The fourth-order valence-electron chi connectivity index (χ4n) is 3.00. The molecule has 1 saturated carbocycles. The van der Waals surface area contributed by atoms with Gasteiger partial charge in [0.1, 0.15) is 6.04 Å². The summed E-state index contributed by atoms with van der Waals surface area (Å²) < 4.78 is 0. The lowest BCUT2D eigenvalue weighted by molar-refractivity contribution is -0.149. The number of likely N-dealkylation sites (tertiary alicyclic amines) is 1. The number of fused-ring (bicyclic) bond motifs is 1. The molecule has 15 heavy (non-hydrogen) atoms. The highest BCUT2D eigenvalue weighted by molar-refractivity contribution is 5.85. The van der Waals surface area contributed by atoms with Gasteiger partial charge in [-0.15, -0.1) is 0 Å². The van der Waals surface area contributed by atoms with Crippen molar-refractivity contribution in [3.8, 4) is 0 Å². The molecule has 1 heterocycles. The Labute approximate surface area is 88.2 Å². The molecule has 1 saturated heterocycles. The van der Waals surface area contributed by atoms with Gasteiger partial charge in [0.05, 0.1) is 6.54 Å². The first-order chi connectivity index (χ1) is 7.15. The Kier molecular flexibility index (Phi) is 2.65. The quantitative estimate of drug-likeness (QED) is 0.655. The Balaban J connectivity index is 2.19. The third kappa shape index (κ3) is 1.61. The number of hydrogen-bond donors (Lipinski definition) is 2. The Bertz CT molecular complexity index is 292. The molecule has 84 valence electrons. The van der Waals surface area contributed by atoms with Gasteiger partial charge >= 0.3 is 5.97 Å². The SMILES string of the molecule is NCC(=O)N1CC2CCCC2C1C(=O)O. The molecular formula is C10H16N2O3. The highest BCUT2D eigenvalue weighted by Gasteiger charge is 2.49. The Hall–Kier alpha value is -1.10. The van der Waals surface area contributed by atoms with E-state index >= 15 is 0 Å². The molecule has 0 aromatic rings. The third-order valence-corrected chi connectivity index (χ3v) is 3.64. The van der Waals surface area contributed by atoms with E-state index in [9.17, 15) is 9.59 Å². The fourth-order valence-corrected chi connectivity index (χ4v) is 3.00. The largest absolute Gasteiger partial charge is 0.480 e. The van der Waals surface area contributed by atoms with Crippen molar-refractivity contribution in [3.05, 3.63) is 0 Å². The van der Waals surface area contributed by atoms with Crippen molar-refractivity contribution in [2.24, 2.45) is 17.6 Å². The van der Waals surface area contributed by atoms with Crippen molar-refractivity contribution >= 4 is 11.9 Å². The Morgan fingerprint density at radius 1 is 1.40 bits per heavy atom. The van der Waals surface area contributed by atoms with E-state index < -0.39 is 12.0 Å². The molecule has 1 aliphatic carbocycles. The number of hydrogen-bond acceptors (Lipinski definition) is 3. The topological polar surface area (TPSA) is 83.6 Å². The van der Waals surface area contributed by atoms with Crippen molar-refractivity contribution in [2.75, 3.05) is 13.1 Å². The Morgan fingerprint density at radius 3 is 2.73 bits per heavy atom. The van der Waals surface area contributed by atoms with Gasteiger partial charge < -0.3 is 15.7 Å². The first-order valence-electron chi connectivity index (χ1n) is 5.37. The normalized spacial score (nSPS) is 34.2. The number of nitrogens with zero attached hydrogens (tertiary/aromatic N) is 1. The lowest BCUT2D eigenvalue weighted by Crippen LogP contribution is -2.45. The van der Waals surface area contributed by atoms with Crippen molar-refractivity contribution in [3.63, 3.8) is 0 Å². The minimum absolute atomic E-state index is 0.0940. The van der Waals surface area contributed by atoms with Crippen LogP contribution in [0.1, 0.15) is 19.3 Å². The molecule has 0 aromatic heterocycles. The van der Waals surface area contributed by atoms with Crippen LogP contribution in [-0.4, -0.2) is 41.0 Å². The summed E-state index contributed by atoms with van der Waals surface area (Å²) in [6.07, 6.45) is 3.06. The maximum absolute atomic E-state index is 11.5. The van der Waals surface area contributed by atoms with Crippen LogP contribution in [0.2, 0.25) is 0 Å². The van der Waals surface area contributed by atoms with Gasteiger partial charge in [0.2, 0.25) is 5.91 Å². The number of carbonyl (C=O) groups excluding carboxylic acids is 1. The molecule has 0 aromatic carbocycles. The maximum Gasteiger partial charge on any atom is 0.326 e. The number of carboxylic acids is 1. The van der Waals surface area contributed by atoms with Gasteiger partial charge in [-0.05, 0) is 24.7 Å². The van der Waals surface area contributed by atoms with Crippen LogP contribution in [0.15, 0.2) is 0 Å². The second-order valence-electron chi connectivity index (χ2n) is 4.39. The van der Waals surface area contributed by atoms with Crippen molar-refractivity contribution < 1.29 is 14.7 Å². The number of amides is 1. The average Bonchev–Trinajstić information content (AvgIpc) is 2.73. The molecule has 3 atom stereocenters. The van der Waals surface area contributed by atoms with Crippen LogP contribution in [0.5, 0.6) is 0 Å². The molecule has 3 N–H and O–H groups in total. The van der Waals surface area contributed by atoms with Crippen LogP contribution in [0.25, 0.3) is 0 Å². The summed E-state index contributed by atoms with van der Waals surface area (Å²) >= 11 is 0. The van der Waals surface area contributed by atoms with Crippen LogP contribution < -0.4 is 5.73 Å². The summed E-state index contributed by atoms with van der Waals surface area (Å²) in [6, 6.07) is -0.631. The smallest absolute Gasteiger partial charge is 0.326 e. The van der Waals surface area contributed by atoms with Gasteiger partial charge in [0.15, 0.2) is 0 Å². The molecule has 0 bridgehead atoms. The number of rotatable bonds is 2. The van der Waals surface area contributed by atoms with Gasteiger partial charge in [-0.2, -0.15) is 0 Å². The minimum Gasteiger partial charge on any atom is -0.480 e. The fraction of sp³-hybridized carbons (Fsp3) is 0.800. The van der Waals surface area contributed by atoms with Gasteiger partial charge in [0.25, 0.3) is 0 Å². The number of nitrogens with two attached hydrogens (primary N) is 1. The third-order valence-electron chi connectivity index (χ3n) is 3.64. The lowest BCUT2D eigenvalue weighted by Gasteiger charge is -2.23. The number of carbonyl (C=O) groups is 2. The molecule has 1 amide bonds. The first-order valence-corrected chi connectivity index (χ1v) is 5.37. The van der Waals surface area contributed by atoms with Crippen LogP contribution in [-0.2, 0) is 9.59 Å². The number of carboxylic acid groups (broad SMARTS) is 1. The molecule has 2 rings (SSSR count). The monoisotopic (exact) mass is 212 g/mol. The van der Waals surface area contributed by atoms with E-state index in [0.717, 1.165) is 19.3 Å². The summed E-state index contributed by atoms with van der Waals surface area (Å²) in [5, 5.41) is 9.14. The van der Waals surface area contributed by atoms with E-state index in [1.165, 1.54) is 4.90 Å². The predicted molar refractivity (Wildman–Crippen MR) is 53.0 cm³/mol. The van der Waals surface area contributed by atoms with Gasteiger partial charge in [-0.3, -0.25) is 4.79 Å². The Morgan fingerprint density at radius 2 is 2.13 bits per heavy atom. The van der Waals surface area contributed by atoms with Crippen molar-refractivity contribution in [1.82, 2.24) is 4.90 Å². The molecule has 2 aliphatic rings. The van der Waals surface area contributed by atoms with Gasteiger partial charge in [-0.25, -0.2) is 4.79 Å². The van der Waals surface area contributed by atoms with E-state index in [-0.39, 0.29) is 18.4 Å². The second kappa shape index (κ2) is 3.81. The zero-order valence-corrected chi connectivity index (χ0v) is 8.56. The van der Waals surface area contributed by atoms with Crippen LogP contribution >= 0.6 is 0 Å². The van der Waals surface area contributed by atoms with Crippen LogP contribution in [0.4, 0.5) is 0 Å². The highest BCUT2D eigenvalue weighted by atomic mass is 16.4. The summed E-state index contributed by atoms with van der Waals surface area (Å²) in [5.74, 6) is -0.595. The van der Waals surface area contributed by atoms with Gasteiger partial charge in [0, 0.05) is 6.54 Å². The molecule has 0 radical (unpaired) electrons. The van der Waals surface area contributed by atoms with Crippen molar-refractivity contribution in [1.29, 1.82) is 0 Å². The van der Waals surface area contributed by atoms with E-state index in [1.54, 1.807) is 0 Å². The van der Waals surface area contributed by atoms with E-state index in [0.29, 0.717) is 12.5 Å². The summed E-state index contributed by atoms with van der Waals surface area (Å²) in [7, 11) is 0. The molecule has 2 fully saturated rings. The molecule has 3 unspecified atom stereocenters. The minimum atomic E-state index is -0.883. The van der Waals surface area contributed by atoms with Gasteiger partial charge in [-0.1, -0.05) is 6.42 Å². The average molecular weight is 212 g/mol. The van der Waals surface area contributed by atoms with Crippen LogP contribution in [0, 0.1) is 11.8 Å². The molecule has 0 spiro atoms. The highest BCUT2D eigenvalue weighted by Crippen LogP contribution is 2.42. The molecule has 1 aliphatic heterocycles. The lowest BCUT2D eigenvalue weighted by atomic mass is 9.94. The predicted octanol–water partition coefficient (Wildman–Crippen LogP) is -0.343. The zero-order chi connectivity index (χ0) is 11.0. The van der Waals surface area contributed by atoms with E-state index in [1.807, 2.05) is 0 Å². The molecular weight excluding hydrogens is 196 g/mol. The zero-order valence-electron chi connectivity index (χ0n) is 8.56. The molecule has 5 nitrogen and oxygen atoms in total. The van der Waals surface area contributed by atoms with Crippen molar-refractivity contribution in [2.45, 2.75) is 25.3 Å². The second-order valence-corrected chi connectivity index (χ2v) is 4.39. The summed E-state index contributed by atoms with van der Waals surface area (Å²) in [5.41, 5.74) is 5.28. The summed E-state index contributed by atoms with van der Waals surface area (Å²) in [4.78, 5) is 24.1.